The van der Waals surface area contributed by atoms with Crippen molar-refractivity contribution in [3.05, 3.63) is 83.6 Å². The van der Waals surface area contributed by atoms with E-state index in [1.54, 1.807) is 25.3 Å². The molecule has 138 valence electrons. The molecule has 0 fully saturated rings. The lowest BCUT2D eigenvalue weighted by molar-refractivity contribution is 0.0945. The summed E-state index contributed by atoms with van der Waals surface area (Å²) < 4.78 is 18.7. The summed E-state index contributed by atoms with van der Waals surface area (Å²) in [7, 11) is 1.62. The van der Waals surface area contributed by atoms with Crippen LogP contribution in [0, 0.1) is 5.82 Å². The number of anilines is 1. The number of halogens is 1. The third-order valence-corrected chi connectivity index (χ3v) is 3.91. The number of nitrogens with one attached hydrogen (secondary N) is 2. The summed E-state index contributed by atoms with van der Waals surface area (Å²) in [4.78, 5) is 20.4. The van der Waals surface area contributed by atoms with Gasteiger partial charge in [-0.2, -0.15) is 0 Å². The highest BCUT2D eigenvalue weighted by Gasteiger charge is 2.09. The molecule has 0 aliphatic carbocycles. The molecule has 0 aliphatic rings. The molecule has 0 unspecified atom stereocenters. The number of methoxy groups -OCH3 is 1. The molecule has 1 heterocycles. The SMILES string of the molecule is COc1ccc(CNc2cnc(C(=O)NCc3ccccc3F)cn2)cc1. The molecule has 0 spiro atoms. The summed E-state index contributed by atoms with van der Waals surface area (Å²) in [6, 6.07) is 13.9. The number of ether oxygens (including phenoxy) is 1. The van der Waals surface area contributed by atoms with E-state index in [0.29, 0.717) is 17.9 Å². The van der Waals surface area contributed by atoms with Gasteiger partial charge in [-0.1, -0.05) is 30.3 Å². The molecule has 6 nitrogen and oxygen atoms in total. The van der Waals surface area contributed by atoms with Gasteiger partial charge in [-0.05, 0) is 23.8 Å². The highest BCUT2D eigenvalue weighted by atomic mass is 19.1. The number of aromatic nitrogens is 2. The average Bonchev–Trinajstić information content (AvgIpc) is 2.72. The first-order valence-electron chi connectivity index (χ1n) is 8.36. The molecule has 0 saturated heterocycles. The van der Waals surface area contributed by atoms with Crippen LogP contribution in [-0.2, 0) is 13.1 Å². The number of rotatable bonds is 7. The fourth-order valence-corrected chi connectivity index (χ4v) is 2.38. The average molecular weight is 366 g/mol. The van der Waals surface area contributed by atoms with Gasteiger partial charge < -0.3 is 15.4 Å². The van der Waals surface area contributed by atoms with Gasteiger partial charge in [-0.3, -0.25) is 4.79 Å². The summed E-state index contributed by atoms with van der Waals surface area (Å²) in [6.45, 7) is 0.655. The summed E-state index contributed by atoms with van der Waals surface area (Å²) in [5, 5.41) is 5.76. The van der Waals surface area contributed by atoms with Gasteiger partial charge in [0.15, 0.2) is 0 Å². The van der Waals surface area contributed by atoms with Gasteiger partial charge >= 0.3 is 0 Å². The van der Waals surface area contributed by atoms with E-state index in [4.69, 9.17) is 4.74 Å². The molecule has 0 radical (unpaired) electrons. The standard InChI is InChI=1S/C20H19FN4O2/c1-27-16-8-6-14(7-9-16)10-23-19-13-22-18(12-24-19)20(26)25-11-15-4-2-3-5-17(15)21/h2-9,12-13H,10-11H2,1H3,(H,23,24)(H,25,26). The predicted molar refractivity (Wildman–Crippen MR) is 99.9 cm³/mol. The minimum Gasteiger partial charge on any atom is -0.497 e. The van der Waals surface area contributed by atoms with E-state index in [-0.39, 0.29) is 18.1 Å². The van der Waals surface area contributed by atoms with Crippen molar-refractivity contribution in [2.75, 3.05) is 12.4 Å². The van der Waals surface area contributed by atoms with Crippen LogP contribution in [0.25, 0.3) is 0 Å². The summed E-state index contributed by atoms with van der Waals surface area (Å²) in [6.07, 6.45) is 2.87. The first-order chi connectivity index (χ1) is 13.2. The summed E-state index contributed by atoms with van der Waals surface area (Å²) in [5.74, 6) is 0.579. The monoisotopic (exact) mass is 366 g/mol. The molecule has 0 atom stereocenters. The van der Waals surface area contributed by atoms with E-state index in [2.05, 4.69) is 20.6 Å². The zero-order chi connectivity index (χ0) is 19.1. The third-order valence-electron chi connectivity index (χ3n) is 3.91. The van der Waals surface area contributed by atoms with Crippen molar-refractivity contribution in [3.63, 3.8) is 0 Å². The van der Waals surface area contributed by atoms with E-state index in [0.717, 1.165) is 11.3 Å². The lowest BCUT2D eigenvalue weighted by atomic mass is 10.2. The first kappa shape index (κ1) is 18.3. The van der Waals surface area contributed by atoms with Crippen LogP contribution in [0.3, 0.4) is 0 Å². The third kappa shape index (κ3) is 5.01. The summed E-state index contributed by atoms with van der Waals surface area (Å²) in [5.41, 5.74) is 1.64. The van der Waals surface area contributed by atoms with Gasteiger partial charge in [0.2, 0.25) is 0 Å². The number of benzene rings is 2. The van der Waals surface area contributed by atoms with Crippen molar-refractivity contribution >= 4 is 11.7 Å². The fraction of sp³-hybridized carbons (Fsp3) is 0.150. The number of hydrogen-bond acceptors (Lipinski definition) is 5. The van der Waals surface area contributed by atoms with Crippen molar-refractivity contribution in [2.24, 2.45) is 0 Å². The molecule has 0 aliphatic heterocycles. The molecule has 3 aromatic rings. The highest BCUT2D eigenvalue weighted by molar-refractivity contribution is 5.91. The molecule has 2 aromatic carbocycles. The smallest absolute Gasteiger partial charge is 0.271 e. The van der Waals surface area contributed by atoms with Crippen molar-refractivity contribution in [1.29, 1.82) is 0 Å². The van der Waals surface area contributed by atoms with Crippen molar-refractivity contribution in [3.8, 4) is 5.75 Å². The van der Waals surface area contributed by atoms with Crippen LogP contribution in [0.4, 0.5) is 10.2 Å². The van der Waals surface area contributed by atoms with E-state index in [1.165, 1.54) is 18.5 Å². The Morgan fingerprint density at radius 3 is 2.48 bits per heavy atom. The maximum Gasteiger partial charge on any atom is 0.271 e. The molecule has 27 heavy (non-hydrogen) atoms. The number of nitrogens with zero attached hydrogens (tertiary/aromatic N) is 2. The van der Waals surface area contributed by atoms with Crippen molar-refractivity contribution in [2.45, 2.75) is 13.1 Å². The molecule has 1 aromatic heterocycles. The van der Waals surface area contributed by atoms with Gasteiger partial charge in [0.1, 0.15) is 23.1 Å². The molecule has 7 heteroatoms. The van der Waals surface area contributed by atoms with Crippen LogP contribution in [-0.4, -0.2) is 23.0 Å². The Kier molecular flexibility index (Phi) is 5.94. The Labute approximate surface area is 156 Å². The quantitative estimate of drug-likeness (QED) is 0.672. The van der Waals surface area contributed by atoms with Crippen LogP contribution in [0.2, 0.25) is 0 Å². The zero-order valence-electron chi connectivity index (χ0n) is 14.8. The normalized spacial score (nSPS) is 10.3. The topological polar surface area (TPSA) is 76.1 Å². The number of carbonyl (C=O) groups is 1. The molecule has 0 saturated carbocycles. The maximum absolute atomic E-state index is 13.6. The second-order valence-corrected chi connectivity index (χ2v) is 5.76. The van der Waals surface area contributed by atoms with Crippen molar-refractivity contribution in [1.82, 2.24) is 15.3 Å². The van der Waals surface area contributed by atoms with Gasteiger partial charge in [0.05, 0.1) is 19.5 Å². The molecule has 3 rings (SSSR count). The van der Waals surface area contributed by atoms with E-state index in [9.17, 15) is 9.18 Å². The zero-order valence-corrected chi connectivity index (χ0v) is 14.8. The van der Waals surface area contributed by atoms with Gasteiger partial charge in [-0.15, -0.1) is 0 Å². The van der Waals surface area contributed by atoms with E-state index < -0.39 is 5.91 Å². The van der Waals surface area contributed by atoms with Gasteiger partial charge in [0, 0.05) is 18.7 Å². The van der Waals surface area contributed by atoms with Crippen LogP contribution in [0.1, 0.15) is 21.6 Å². The Bertz CT molecular complexity index is 899. The highest BCUT2D eigenvalue weighted by Crippen LogP contribution is 2.12. The predicted octanol–water partition coefficient (Wildman–Crippen LogP) is 3.17. The molecule has 2 N–H and O–H groups in total. The Morgan fingerprint density at radius 2 is 1.81 bits per heavy atom. The minimum atomic E-state index is -0.410. The van der Waals surface area contributed by atoms with E-state index in [1.807, 2.05) is 24.3 Å². The van der Waals surface area contributed by atoms with Crippen LogP contribution in [0.5, 0.6) is 5.75 Å². The number of carbonyl (C=O) groups excluding carboxylic acids is 1. The molecule has 0 bridgehead atoms. The molecular weight excluding hydrogens is 347 g/mol. The lowest BCUT2D eigenvalue weighted by Gasteiger charge is -2.08. The number of amides is 1. The Balaban J connectivity index is 1.53. The van der Waals surface area contributed by atoms with Crippen molar-refractivity contribution < 1.29 is 13.9 Å². The maximum atomic E-state index is 13.6. The van der Waals surface area contributed by atoms with Crippen LogP contribution in [0.15, 0.2) is 60.9 Å². The van der Waals surface area contributed by atoms with Crippen LogP contribution >= 0.6 is 0 Å². The van der Waals surface area contributed by atoms with Gasteiger partial charge in [-0.25, -0.2) is 14.4 Å². The first-order valence-corrected chi connectivity index (χ1v) is 8.36. The Morgan fingerprint density at radius 1 is 1.04 bits per heavy atom. The van der Waals surface area contributed by atoms with E-state index >= 15 is 0 Å². The van der Waals surface area contributed by atoms with Gasteiger partial charge in [0.25, 0.3) is 5.91 Å². The summed E-state index contributed by atoms with van der Waals surface area (Å²) >= 11 is 0. The number of hydrogen-bond donors (Lipinski definition) is 2. The molecular formula is C20H19FN4O2. The lowest BCUT2D eigenvalue weighted by Crippen LogP contribution is -2.24. The Hall–Kier alpha value is -3.48. The van der Waals surface area contributed by atoms with Crippen LogP contribution < -0.4 is 15.4 Å². The second-order valence-electron chi connectivity index (χ2n) is 5.76. The minimum absolute atomic E-state index is 0.0880. The molecule has 1 amide bonds. The fourth-order valence-electron chi connectivity index (χ4n) is 2.38. The second kappa shape index (κ2) is 8.75. The largest absolute Gasteiger partial charge is 0.497 e.